The van der Waals surface area contributed by atoms with Crippen LogP contribution in [-0.2, 0) is 0 Å². The van der Waals surface area contributed by atoms with E-state index < -0.39 is 0 Å². The molecule has 0 aliphatic carbocycles. The predicted molar refractivity (Wildman–Crippen MR) is 59.8 cm³/mol. The highest BCUT2D eigenvalue weighted by molar-refractivity contribution is 6.32. The smallest absolute Gasteiger partial charge is 0.251 e. The molecular formula is C10H9ClN4O. The van der Waals surface area contributed by atoms with E-state index in [9.17, 15) is 4.79 Å². The van der Waals surface area contributed by atoms with Gasteiger partial charge in [0.05, 0.1) is 10.7 Å². The molecular weight excluding hydrogens is 228 g/mol. The molecule has 1 amide bonds. The minimum absolute atomic E-state index is 0.169. The van der Waals surface area contributed by atoms with E-state index in [1.807, 2.05) is 0 Å². The lowest BCUT2D eigenvalue weighted by Crippen LogP contribution is -2.17. The van der Waals surface area contributed by atoms with Gasteiger partial charge in [0.2, 0.25) is 0 Å². The van der Waals surface area contributed by atoms with Gasteiger partial charge in [0.25, 0.3) is 5.91 Å². The maximum Gasteiger partial charge on any atom is 0.251 e. The first-order valence-electron chi connectivity index (χ1n) is 4.59. The summed E-state index contributed by atoms with van der Waals surface area (Å²) in [5, 5.41) is 10.4. The Morgan fingerprint density at radius 2 is 2.06 bits per heavy atom. The molecule has 0 fully saturated rings. The monoisotopic (exact) mass is 236 g/mol. The number of hydrogen-bond acceptors (Lipinski definition) is 3. The maximum absolute atomic E-state index is 11.4. The van der Waals surface area contributed by atoms with Gasteiger partial charge in [-0.2, -0.15) is 0 Å². The second-order valence-electron chi connectivity index (χ2n) is 3.11. The highest BCUT2D eigenvalue weighted by Gasteiger charge is 2.08. The number of nitrogens with one attached hydrogen (secondary N) is 1. The molecule has 82 valence electrons. The van der Waals surface area contributed by atoms with Gasteiger partial charge in [-0.3, -0.25) is 9.36 Å². The number of carbonyl (C=O) groups is 1. The van der Waals surface area contributed by atoms with Crippen molar-refractivity contribution in [3.8, 4) is 5.69 Å². The minimum Gasteiger partial charge on any atom is -0.355 e. The lowest BCUT2D eigenvalue weighted by Gasteiger charge is -2.06. The first-order valence-corrected chi connectivity index (χ1v) is 4.97. The second-order valence-corrected chi connectivity index (χ2v) is 3.52. The average Bonchev–Trinajstić information content (AvgIpc) is 2.81. The molecule has 0 atom stereocenters. The van der Waals surface area contributed by atoms with Crippen LogP contribution in [0, 0.1) is 0 Å². The Labute approximate surface area is 97.1 Å². The van der Waals surface area contributed by atoms with E-state index >= 15 is 0 Å². The van der Waals surface area contributed by atoms with Gasteiger partial charge in [-0.05, 0) is 18.2 Å². The molecule has 2 aromatic rings. The fourth-order valence-electron chi connectivity index (χ4n) is 1.33. The van der Waals surface area contributed by atoms with Crippen LogP contribution in [0.1, 0.15) is 10.4 Å². The third-order valence-electron chi connectivity index (χ3n) is 2.13. The summed E-state index contributed by atoms with van der Waals surface area (Å²) in [5.41, 5.74) is 1.25. The van der Waals surface area contributed by atoms with Gasteiger partial charge in [-0.25, -0.2) is 0 Å². The fourth-order valence-corrected chi connectivity index (χ4v) is 1.61. The Morgan fingerprint density at radius 1 is 1.38 bits per heavy atom. The van der Waals surface area contributed by atoms with E-state index in [4.69, 9.17) is 11.6 Å². The number of aromatic nitrogens is 3. The molecule has 0 aliphatic rings. The molecule has 1 N–H and O–H groups in total. The highest BCUT2D eigenvalue weighted by Crippen LogP contribution is 2.21. The van der Waals surface area contributed by atoms with Gasteiger partial charge in [-0.1, -0.05) is 11.6 Å². The second kappa shape index (κ2) is 4.32. The zero-order valence-corrected chi connectivity index (χ0v) is 9.27. The third-order valence-corrected chi connectivity index (χ3v) is 2.44. The first-order chi connectivity index (χ1) is 7.72. The summed E-state index contributed by atoms with van der Waals surface area (Å²) in [5.74, 6) is -0.169. The quantitative estimate of drug-likeness (QED) is 0.855. The first kappa shape index (κ1) is 10.6. The molecule has 1 heterocycles. The molecule has 6 heteroatoms. The van der Waals surface area contributed by atoms with Crippen molar-refractivity contribution in [1.29, 1.82) is 0 Å². The van der Waals surface area contributed by atoms with E-state index in [-0.39, 0.29) is 5.91 Å². The summed E-state index contributed by atoms with van der Waals surface area (Å²) in [6.07, 6.45) is 3.08. The maximum atomic E-state index is 11.4. The van der Waals surface area contributed by atoms with Crippen molar-refractivity contribution in [2.75, 3.05) is 7.05 Å². The third kappa shape index (κ3) is 1.90. The van der Waals surface area contributed by atoms with Crippen LogP contribution >= 0.6 is 11.6 Å². The Morgan fingerprint density at radius 3 is 2.62 bits per heavy atom. The summed E-state index contributed by atoms with van der Waals surface area (Å²) in [4.78, 5) is 11.4. The largest absolute Gasteiger partial charge is 0.355 e. The van der Waals surface area contributed by atoms with Crippen molar-refractivity contribution in [2.45, 2.75) is 0 Å². The summed E-state index contributed by atoms with van der Waals surface area (Å²) in [6, 6.07) is 5.05. The van der Waals surface area contributed by atoms with Crippen molar-refractivity contribution >= 4 is 17.5 Å². The highest BCUT2D eigenvalue weighted by atomic mass is 35.5. The molecule has 0 spiro atoms. The van der Waals surface area contributed by atoms with Crippen LogP contribution in [0.3, 0.4) is 0 Å². The zero-order chi connectivity index (χ0) is 11.5. The van der Waals surface area contributed by atoms with Gasteiger partial charge < -0.3 is 5.32 Å². The molecule has 1 aromatic heterocycles. The zero-order valence-electron chi connectivity index (χ0n) is 8.51. The van der Waals surface area contributed by atoms with Crippen molar-refractivity contribution in [2.24, 2.45) is 0 Å². The lowest BCUT2D eigenvalue weighted by atomic mass is 10.2. The minimum atomic E-state index is -0.169. The Kier molecular flexibility index (Phi) is 2.87. The number of amides is 1. The van der Waals surface area contributed by atoms with E-state index in [1.165, 1.54) is 0 Å². The molecule has 0 saturated heterocycles. The predicted octanol–water partition coefficient (Wildman–Crippen LogP) is 1.28. The lowest BCUT2D eigenvalue weighted by molar-refractivity contribution is 0.0963. The van der Waals surface area contributed by atoms with Gasteiger partial charge >= 0.3 is 0 Å². The molecule has 0 aliphatic heterocycles. The van der Waals surface area contributed by atoms with Crippen molar-refractivity contribution in [3.63, 3.8) is 0 Å². The van der Waals surface area contributed by atoms with Crippen LogP contribution in [-0.4, -0.2) is 27.7 Å². The van der Waals surface area contributed by atoms with Gasteiger partial charge in [0.1, 0.15) is 12.7 Å². The summed E-state index contributed by atoms with van der Waals surface area (Å²) < 4.78 is 1.68. The Hall–Kier alpha value is -1.88. The SMILES string of the molecule is CNC(=O)c1ccc(-n2cnnc2)c(Cl)c1. The van der Waals surface area contributed by atoms with Crippen molar-refractivity contribution in [1.82, 2.24) is 20.1 Å². The number of rotatable bonds is 2. The topological polar surface area (TPSA) is 59.8 Å². The summed E-state index contributed by atoms with van der Waals surface area (Å²) in [6.45, 7) is 0. The number of hydrogen-bond donors (Lipinski definition) is 1. The van der Waals surface area contributed by atoms with E-state index in [2.05, 4.69) is 15.5 Å². The standard InChI is InChI=1S/C10H9ClN4O/c1-12-10(16)7-2-3-9(8(11)4-7)15-5-13-14-6-15/h2-6H,1H3,(H,12,16). The molecule has 0 bridgehead atoms. The Balaban J connectivity index is 2.41. The Bertz CT molecular complexity index is 510. The van der Waals surface area contributed by atoms with E-state index in [0.717, 1.165) is 5.69 Å². The molecule has 2 rings (SSSR count). The van der Waals surface area contributed by atoms with Crippen LogP contribution in [0.5, 0.6) is 0 Å². The molecule has 5 nitrogen and oxygen atoms in total. The number of carbonyl (C=O) groups excluding carboxylic acids is 1. The molecule has 0 unspecified atom stereocenters. The van der Waals surface area contributed by atoms with Gasteiger partial charge in [0.15, 0.2) is 0 Å². The molecule has 0 saturated carbocycles. The van der Waals surface area contributed by atoms with E-state index in [0.29, 0.717) is 10.6 Å². The fraction of sp³-hybridized carbons (Fsp3) is 0.100. The van der Waals surface area contributed by atoms with Crippen molar-refractivity contribution in [3.05, 3.63) is 41.4 Å². The van der Waals surface area contributed by atoms with Crippen LogP contribution in [0.2, 0.25) is 5.02 Å². The molecule has 0 radical (unpaired) electrons. The average molecular weight is 237 g/mol. The summed E-state index contributed by atoms with van der Waals surface area (Å²) in [7, 11) is 1.57. The van der Waals surface area contributed by atoms with E-state index in [1.54, 1.807) is 42.5 Å². The van der Waals surface area contributed by atoms with Crippen LogP contribution in [0.4, 0.5) is 0 Å². The van der Waals surface area contributed by atoms with Crippen molar-refractivity contribution < 1.29 is 4.79 Å². The molecule has 16 heavy (non-hydrogen) atoms. The summed E-state index contributed by atoms with van der Waals surface area (Å²) >= 11 is 6.07. The molecule has 1 aromatic carbocycles. The van der Waals surface area contributed by atoms with Gasteiger partial charge in [-0.15, -0.1) is 10.2 Å². The number of benzene rings is 1. The van der Waals surface area contributed by atoms with Gasteiger partial charge in [0, 0.05) is 12.6 Å². The van der Waals surface area contributed by atoms with Crippen LogP contribution in [0.25, 0.3) is 5.69 Å². The van der Waals surface area contributed by atoms with Crippen LogP contribution in [0.15, 0.2) is 30.9 Å². The number of nitrogens with zero attached hydrogens (tertiary/aromatic N) is 3. The normalized spacial score (nSPS) is 10.1. The van der Waals surface area contributed by atoms with Crippen LogP contribution < -0.4 is 5.32 Å². The number of halogens is 1.